The lowest BCUT2D eigenvalue weighted by molar-refractivity contribution is -0.154. The second-order valence-corrected chi connectivity index (χ2v) is 7.61. The van der Waals surface area contributed by atoms with Crippen molar-refractivity contribution in [2.75, 3.05) is 18.1 Å². The van der Waals surface area contributed by atoms with Gasteiger partial charge in [0, 0.05) is 12.5 Å². The third kappa shape index (κ3) is 3.26. The van der Waals surface area contributed by atoms with Crippen molar-refractivity contribution in [2.45, 2.75) is 38.1 Å². The number of carbonyl (C=O) groups excluding carboxylic acids is 1. The van der Waals surface area contributed by atoms with Gasteiger partial charge in [0.05, 0.1) is 11.5 Å². The van der Waals surface area contributed by atoms with Crippen LogP contribution in [0, 0.1) is 5.92 Å². The van der Waals surface area contributed by atoms with Crippen LogP contribution in [0.5, 0.6) is 0 Å². The summed E-state index contributed by atoms with van der Waals surface area (Å²) >= 11 is 0. The first-order valence-electron chi connectivity index (χ1n) is 6.64. The van der Waals surface area contributed by atoms with E-state index < -0.39 is 21.8 Å². The van der Waals surface area contributed by atoms with Crippen LogP contribution in [0.4, 0.5) is 0 Å². The largest absolute Gasteiger partial charge is 0.480 e. The predicted molar refractivity (Wildman–Crippen MR) is 68.4 cm³/mol. The van der Waals surface area contributed by atoms with Gasteiger partial charge in [-0.15, -0.1) is 0 Å². The lowest BCUT2D eigenvalue weighted by Crippen LogP contribution is -2.51. The van der Waals surface area contributed by atoms with Gasteiger partial charge in [-0.1, -0.05) is 0 Å². The zero-order chi connectivity index (χ0) is 14.0. The number of sulfone groups is 1. The Balaban J connectivity index is 2.04. The molecule has 6 nitrogen and oxygen atoms in total. The van der Waals surface area contributed by atoms with Crippen molar-refractivity contribution in [2.24, 2.45) is 5.92 Å². The number of piperidine rings is 1. The first kappa shape index (κ1) is 14.3. The average Bonchev–Trinajstić information content (AvgIpc) is 2.38. The highest BCUT2D eigenvalue weighted by Gasteiger charge is 2.37. The highest BCUT2D eigenvalue weighted by Crippen LogP contribution is 2.25. The Morgan fingerprint density at radius 2 is 1.68 bits per heavy atom. The molecule has 2 aliphatic heterocycles. The van der Waals surface area contributed by atoms with E-state index in [0.717, 1.165) is 12.8 Å². The predicted octanol–water partition coefficient (Wildman–Crippen LogP) is 0.277. The topological polar surface area (TPSA) is 91.8 Å². The summed E-state index contributed by atoms with van der Waals surface area (Å²) in [6.07, 6.45) is 2.78. The molecule has 0 unspecified atom stereocenters. The number of amides is 1. The van der Waals surface area contributed by atoms with Crippen LogP contribution in [0.2, 0.25) is 0 Å². The standard InChI is InChI=1S/C12H19NO5S/c14-11(9-4-7-19(17,18)8-5-9)13-6-2-1-3-10(13)12(15)16/h9-10H,1-8H2,(H,15,16)/t10-/m0/s1. The van der Waals surface area contributed by atoms with Gasteiger partial charge in [0.2, 0.25) is 5.91 Å². The maximum atomic E-state index is 12.3. The normalized spacial score (nSPS) is 28.0. The average molecular weight is 289 g/mol. The van der Waals surface area contributed by atoms with E-state index in [1.54, 1.807) is 0 Å². The summed E-state index contributed by atoms with van der Waals surface area (Å²) < 4.78 is 22.7. The summed E-state index contributed by atoms with van der Waals surface area (Å²) in [5, 5.41) is 9.15. The minimum absolute atomic E-state index is 0.0367. The Hall–Kier alpha value is -1.11. The Morgan fingerprint density at radius 3 is 2.26 bits per heavy atom. The molecule has 2 aliphatic rings. The van der Waals surface area contributed by atoms with Gasteiger partial charge in [-0.05, 0) is 32.1 Å². The van der Waals surface area contributed by atoms with Crippen molar-refractivity contribution >= 4 is 21.7 Å². The molecule has 19 heavy (non-hydrogen) atoms. The van der Waals surface area contributed by atoms with Crippen molar-refractivity contribution < 1.29 is 23.1 Å². The van der Waals surface area contributed by atoms with Gasteiger partial charge in [-0.2, -0.15) is 0 Å². The molecule has 0 spiro atoms. The number of nitrogens with zero attached hydrogens (tertiary/aromatic N) is 1. The van der Waals surface area contributed by atoms with E-state index in [0.29, 0.717) is 25.8 Å². The van der Waals surface area contributed by atoms with Crippen LogP contribution >= 0.6 is 0 Å². The van der Waals surface area contributed by atoms with Crippen molar-refractivity contribution in [1.82, 2.24) is 4.90 Å². The number of hydrogen-bond acceptors (Lipinski definition) is 4. The van der Waals surface area contributed by atoms with Gasteiger partial charge in [0.1, 0.15) is 15.9 Å². The van der Waals surface area contributed by atoms with Crippen LogP contribution in [0.15, 0.2) is 0 Å². The molecule has 0 aromatic heterocycles. The molecule has 0 aromatic rings. The van der Waals surface area contributed by atoms with Gasteiger partial charge in [-0.25, -0.2) is 13.2 Å². The molecule has 1 N–H and O–H groups in total. The molecule has 2 fully saturated rings. The number of rotatable bonds is 2. The summed E-state index contributed by atoms with van der Waals surface area (Å²) in [4.78, 5) is 25.0. The quantitative estimate of drug-likeness (QED) is 0.788. The fraction of sp³-hybridized carbons (Fsp3) is 0.833. The Kier molecular flexibility index (Phi) is 4.13. The number of likely N-dealkylation sites (tertiary alicyclic amines) is 1. The fourth-order valence-electron chi connectivity index (χ4n) is 2.82. The molecule has 0 radical (unpaired) electrons. The minimum Gasteiger partial charge on any atom is -0.480 e. The van der Waals surface area contributed by atoms with Gasteiger partial charge in [0.15, 0.2) is 0 Å². The molecule has 2 saturated heterocycles. The van der Waals surface area contributed by atoms with E-state index in [2.05, 4.69) is 0 Å². The number of carboxylic acids is 1. The second kappa shape index (κ2) is 5.48. The third-order valence-electron chi connectivity index (χ3n) is 3.97. The summed E-state index contributed by atoms with van der Waals surface area (Å²) in [6.45, 7) is 0.471. The Bertz CT molecular complexity index is 459. The SMILES string of the molecule is O=C(O)[C@@H]1CCCCN1C(=O)C1CCS(=O)(=O)CC1. The molecular weight excluding hydrogens is 270 g/mol. The molecule has 2 heterocycles. The third-order valence-corrected chi connectivity index (χ3v) is 5.69. The van der Waals surface area contributed by atoms with E-state index in [1.165, 1.54) is 4.90 Å². The maximum Gasteiger partial charge on any atom is 0.326 e. The van der Waals surface area contributed by atoms with Gasteiger partial charge < -0.3 is 10.0 Å². The first-order valence-corrected chi connectivity index (χ1v) is 8.46. The fourth-order valence-corrected chi connectivity index (χ4v) is 4.31. The smallest absolute Gasteiger partial charge is 0.326 e. The van der Waals surface area contributed by atoms with E-state index in [1.807, 2.05) is 0 Å². The van der Waals surface area contributed by atoms with Crippen molar-refractivity contribution in [3.8, 4) is 0 Å². The number of hydrogen-bond donors (Lipinski definition) is 1. The molecule has 2 rings (SSSR count). The van der Waals surface area contributed by atoms with E-state index in [4.69, 9.17) is 5.11 Å². The molecule has 0 aliphatic carbocycles. The first-order chi connectivity index (χ1) is 8.91. The van der Waals surface area contributed by atoms with Crippen LogP contribution in [-0.2, 0) is 19.4 Å². The van der Waals surface area contributed by atoms with E-state index in [9.17, 15) is 18.0 Å². The summed E-state index contributed by atoms with van der Waals surface area (Å²) in [5.74, 6) is -1.40. The summed E-state index contributed by atoms with van der Waals surface area (Å²) in [7, 11) is -3.00. The minimum atomic E-state index is -3.00. The molecular formula is C12H19NO5S. The zero-order valence-electron chi connectivity index (χ0n) is 10.7. The van der Waals surface area contributed by atoms with Gasteiger partial charge in [0.25, 0.3) is 0 Å². The second-order valence-electron chi connectivity index (χ2n) is 5.31. The molecule has 108 valence electrons. The van der Waals surface area contributed by atoms with Gasteiger partial charge >= 0.3 is 5.97 Å². The lowest BCUT2D eigenvalue weighted by Gasteiger charge is -2.36. The van der Waals surface area contributed by atoms with Crippen LogP contribution in [0.1, 0.15) is 32.1 Å². The van der Waals surface area contributed by atoms with Crippen molar-refractivity contribution in [1.29, 1.82) is 0 Å². The number of carboxylic acid groups (broad SMARTS) is 1. The molecule has 0 saturated carbocycles. The van der Waals surface area contributed by atoms with Crippen molar-refractivity contribution in [3.05, 3.63) is 0 Å². The van der Waals surface area contributed by atoms with Crippen LogP contribution in [-0.4, -0.2) is 54.4 Å². The van der Waals surface area contributed by atoms with Gasteiger partial charge in [-0.3, -0.25) is 4.79 Å². The maximum absolute atomic E-state index is 12.3. The molecule has 1 amide bonds. The summed E-state index contributed by atoms with van der Waals surface area (Å²) in [6, 6.07) is -0.736. The Morgan fingerprint density at radius 1 is 1.05 bits per heavy atom. The number of aliphatic carboxylic acids is 1. The van der Waals surface area contributed by atoms with Crippen molar-refractivity contribution in [3.63, 3.8) is 0 Å². The highest BCUT2D eigenvalue weighted by atomic mass is 32.2. The monoisotopic (exact) mass is 289 g/mol. The lowest BCUT2D eigenvalue weighted by atomic mass is 9.96. The molecule has 1 atom stereocenters. The van der Waals surface area contributed by atoms with E-state index >= 15 is 0 Å². The summed E-state index contributed by atoms with van der Waals surface area (Å²) in [5.41, 5.74) is 0. The number of carbonyl (C=O) groups is 2. The van der Waals surface area contributed by atoms with Crippen LogP contribution in [0.3, 0.4) is 0 Å². The molecule has 0 bridgehead atoms. The molecule has 7 heteroatoms. The highest BCUT2D eigenvalue weighted by molar-refractivity contribution is 7.91. The van der Waals surface area contributed by atoms with Crippen LogP contribution in [0.25, 0.3) is 0 Å². The van der Waals surface area contributed by atoms with Crippen LogP contribution < -0.4 is 0 Å². The van der Waals surface area contributed by atoms with E-state index in [-0.39, 0.29) is 23.3 Å². The Labute approximate surface area is 112 Å². The zero-order valence-corrected chi connectivity index (χ0v) is 11.6. The molecule has 0 aromatic carbocycles.